The molecule has 0 radical (unpaired) electrons. The van der Waals surface area contributed by atoms with E-state index in [0.717, 1.165) is 5.56 Å². The molecular weight excluding hydrogens is 268 g/mol. The van der Waals surface area contributed by atoms with Crippen LogP contribution < -0.4 is 5.32 Å². The second-order valence-electron chi connectivity index (χ2n) is 4.42. The SMILES string of the molecule is C#CCNC(=O)CN(CC(=O)OCC)Cc1ccccc1. The van der Waals surface area contributed by atoms with Crippen LogP contribution >= 0.6 is 0 Å². The normalized spacial score (nSPS) is 9.95. The summed E-state index contributed by atoms with van der Waals surface area (Å²) in [7, 11) is 0. The fraction of sp³-hybridized carbons (Fsp3) is 0.375. The molecule has 5 heteroatoms. The summed E-state index contributed by atoms with van der Waals surface area (Å²) in [5, 5.41) is 2.58. The van der Waals surface area contributed by atoms with E-state index < -0.39 is 0 Å². The zero-order valence-corrected chi connectivity index (χ0v) is 12.2. The van der Waals surface area contributed by atoms with Gasteiger partial charge < -0.3 is 10.1 Å². The van der Waals surface area contributed by atoms with Crippen LogP contribution in [0.2, 0.25) is 0 Å². The zero-order chi connectivity index (χ0) is 15.5. The Hall–Kier alpha value is -2.32. The molecule has 1 N–H and O–H groups in total. The Bertz CT molecular complexity index is 494. The number of carbonyl (C=O) groups is 2. The van der Waals surface area contributed by atoms with Crippen LogP contribution in [0.1, 0.15) is 12.5 Å². The average Bonchev–Trinajstić information content (AvgIpc) is 2.46. The van der Waals surface area contributed by atoms with Crippen molar-refractivity contribution in [2.24, 2.45) is 0 Å². The molecule has 0 aliphatic heterocycles. The molecule has 0 bridgehead atoms. The second-order valence-corrected chi connectivity index (χ2v) is 4.42. The van der Waals surface area contributed by atoms with Crippen molar-refractivity contribution < 1.29 is 14.3 Å². The van der Waals surface area contributed by atoms with Gasteiger partial charge in [-0.15, -0.1) is 6.42 Å². The maximum atomic E-state index is 11.7. The minimum Gasteiger partial charge on any atom is -0.465 e. The maximum absolute atomic E-state index is 11.7. The number of rotatable bonds is 8. The average molecular weight is 288 g/mol. The fourth-order valence-corrected chi connectivity index (χ4v) is 1.81. The van der Waals surface area contributed by atoms with Crippen LogP contribution in [-0.2, 0) is 20.9 Å². The molecule has 1 amide bonds. The molecule has 1 aromatic rings. The van der Waals surface area contributed by atoms with Crippen LogP contribution in [0.4, 0.5) is 0 Å². The summed E-state index contributed by atoms with van der Waals surface area (Å²) < 4.78 is 4.93. The van der Waals surface area contributed by atoms with Crippen molar-refractivity contribution in [1.82, 2.24) is 10.2 Å². The van der Waals surface area contributed by atoms with Gasteiger partial charge in [0.2, 0.25) is 5.91 Å². The summed E-state index contributed by atoms with van der Waals surface area (Å²) in [5.74, 6) is 1.78. The first-order chi connectivity index (χ1) is 10.2. The quantitative estimate of drug-likeness (QED) is 0.568. The Kier molecular flexibility index (Phi) is 7.62. The van der Waals surface area contributed by atoms with Crippen LogP contribution in [0.25, 0.3) is 0 Å². The summed E-state index contributed by atoms with van der Waals surface area (Å²) in [5.41, 5.74) is 1.02. The van der Waals surface area contributed by atoms with Gasteiger partial charge in [0.1, 0.15) is 0 Å². The van der Waals surface area contributed by atoms with Gasteiger partial charge >= 0.3 is 5.97 Å². The lowest BCUT2D eigenvalue weighted by molar-refractivity contribution is -0.144. The van der Waals surface area contributed by atoms with Crippen molar-refractivity contribution >= 4 is 11.9 Å². The van der Waals surface area contributed by atoms with Gasteiger partial charge in [-0.2, -0.15) is 0 Å². The number of terminal acetylenes is 1. The molecule has 0 aliphatic carbocycles. The Balaban J connectivity index is 2.63. The van der Waals surface area contributed by atoms with Crippen molar-refractivity contribution in [1.29, 1.82) is 0 Å². The third-order valence-corrected chi connectivity index (χ3v) is 2.66. The van der Waals surface area contributed by atoms with E-state index in [2.05, 4.69) is 11.2 Å². The molecule has 1 rings (SSSR count). The molecule has 0 aromatic heterocycles. The summed E-state index contributed by atoms with van der Waals surface area (Å²) >= 11 is 0. The number of nitrogens with zero attached hydrogens (tertiary/aromatic N) is 1. The highest BCUT2D eigenvalue weighted by Gasteiger charge is 2.15. The monoisotopic (exact) mass is 288 g/mol. The molecule has 0 saturated carbocycles. The van der Waals surface area contributed by atoms with E-state index in [4.69, 9.17) is 11.2 Å². The first-order valence-electron chi connectivity index (χ1n) is 6.77. The number of esters is 1. The molecular formula is C16H20N2O3. The van der Waals surface area contributed by atoms with E-state index in [1.807, 2.05) is 30.3 Å². The molecule has 0 atom stereocenters. The third-order valence-electron chi connectivity index (χ3n) is 2.66. The topological polar surface area (TPSA) is 58.6 Å². The number of ether oxygens (including phenoxy) is 1. The van der Waals surface area contributed by atoms with Gasteiger partial charge in [-0.05, 0) is 12.5 Å². The highest BCUT2D eigenvalue weighted by atomic mass is 16.5. The van der Waals surface area contributed by atoms with Crippen LogP contribution in [0.15, 0.2) is 30.3 Å². The molecule has 0 fully saturated rings. The molecule has 0 saturated heterocycles. The standard InChI is InChI=1S/C16H20N2O3/c1-3-10-17-15(19)12-18(13-16(20)21-4-2)11-14-8-6-5-7-9-14/h1,5-9H,4,10-13H2,2H3,(H,17,19). The van der Waals surface area contributed by atoms with Gasteiger partial charge in [-0.25, -0.2) is 0 Å². The van der Waals surface area contributed by atoms with Crippen LogP contribution in [-0.4, -0.2) is 43.0 Å². The summed E-state index contributed by atoms with van der Waals surface area (Å²) in [6, 6.07) is 9.63. The van der Waals surface area contributed by atoms with Crippen molar-refractivity contribution in [2.75, 3.05) is 26.2 Å². The van der Waals surface area contributed by atoms with Crippen LogP contribution in [0, 0.1) is 12.3 Å². The smallest absolute Gasteiger partial charge is 0.320 e. The molecule has 21 heavy (non-hydrogen) atoms. The predicted molar refractivity (Wildman–Crippen MR) is 80.2 cm³/mol. The minimum atomic E-state index is -0.349. The number of amides is 1. The number of nitrogens with one attached hydrogen (secondary N) is 1. The van der Waals surface area contributed by atoms with E-state index in [1.165, 1.54) is 0 Å². The summed E-state index contributed by atoms with van der Waals surface area (Å²) in [4.78, 5) is 25.1. The molecule has 0 unspecified atom stereocenters. The predicted octanol–water partition coefficient (Wildman–Crippen LogP) is 0.801. The van der Waals surface area contributed by atoms with Crippen molar-refractivity contribution in [2.45, 2.75) is 13.5 Å². The Labute approximate surface area is 125 Å². The number of hydrogen-bond acceptors (Lipinski definition) is 4. The zero-order valence-electron chi connectivity index (χ0n) is 12.2. The van der Waals surface area contributed by atoms with E-state index in [1.54, 1.807) is 11.8 Å². The van der Waals surface area contributed by atoms with Crippen molar-refractivity contribution in [3.63, 3.8) is 0 Å². The highest BCUT2D eigenvalue weighted by molar-refractivity contribution is 5.79. The van der Waals surface area contributed by atoms with Gasteiger partial charge in [0.05, 0.1) is 26.2 Å². The lowest BCUT2D eigenvalue weighted by atomic mass is 10.2. The van der Waals surface area contributed by atoms with Gasteiger partial charge in [0.15, 0.2) is 0 Å². The lowest BCUT2D eigenvalue weighted by Gasteiger charge is -2.20. The Morgan fingerprint density at radius 2 is 2.00 bits per heavy atom. The first kappa shape index (κ1) is 16.7. The Morgan fingerprint density at radius 3 is 2.62 bits per heavy atom. The summed E-state index contributed by atoms with van der Waals surface area (Å²) in [6.45, 7) is 2.89. The number of benzene rings is 1. The first-order valence-corrected chi connectivity index (χ1v) is 6.77. The molecule has 112 valence electrons. The van der Waals surface area contributed by atoms with E-state index >= 15 is 0 Å². The largest absolute Gasteiger partial charge is 0.465 e. The van der Waals surface area contributed by atoms with Crippen LogP contribution in [0.5, 0.6) is 0 Å². The molecule has 0 heterocycles. The van der Waals surface area contributed by atoms with Crippen molar-refractivity contribution in [3.8, 4) is 12.3 Å². The molecule has 5 nitrogen and oxygen atoms in total. The molecule has 0 spiro atoms. The van der Waals surface area contributed by atoms with Gasteiger partial charge in [-0.3, -0.25) is 14.5 Å². The van der Waals surface area contributed by atoms with Crippen molar-refractivity contribution in [3.05, 3.63) is 35.9 Å². The number of carbonyl (C=O) groups excluding carboxylic acids is 2. The van der Waals surface area contributed by atoms with Gasteiger partial charge in [0.25, 0.3) is 0 Å². The highest BCUT2D eigenvalue weighted by Crippen LogP contribution is 2.04. The van der Waals surface area contributed by atoms with E-state index in [9.17, 15) is 9.59 Å². The molecule has 1 aromatic carbocycles. The Morgan fingerprint density at radius 1 is 1.29 bits per heavy atom. The van der Waals surface area contributed by atoms with Gasteiger partial charge in [0, 0.05) is 6.54 Å². The maximum Gasteiger partial charge on any atom is 0.320 e. The molecule has 0 aliphatic rings. The second kappa shape index (κ2) is 9.56. The fourth-order valence-electron chi connectivity index (χ4n) is 1.81. The third kappa shape index (κ3) is 7.14. The summed E-state index contributed by atoms with van der Waals surface area (Å²) in [6.07, 6.45) is 5.10. The van der Waals surface area contributed by atoms with E-state index in [-0.39, 0.29) is 31.5 Å². The van der Waals surface area contributed by atoms with Crippen LogP contribution in [0.3, 0.4) is 0 Å². The number of hydrogen-bond donors (Lipinski definition) is 1. The van der Waals surface area contributed by atoms with Gasteiger partial charge in [-0.1, -0.05) is 36.3 Å². The minimum absolute atomic E-state index is 0.0617. The lowest BCUT2D eigenvalue weighted by Crippen LogP contribution is -2.40. The van der Waals surface area contributed by atoms with E-state index in [0.29, 0.717) is 13.2 Å².